The Kier molecular flexibility index (Phi) is 6.47. The number of carbonyl (C=O) groups excluding carboxylic acids is 1. The van der Waals surface area contributed by atoms with E-state index in [2.05, 4.69) is 5.32 Å². The van der Waals surface area contributed by atoms with Gasteiger partial charge in [-0.05, 0) is 29.8 Å². The third kappa shape index (κ3) is 5.11. The first kappa shape index (κ1) is 18.5. The molecule has 0 aliphatic carbocycles. The number of anilines is 2. The van der Waals surface area contributed by atoms with E-state index in [1.165, 1.54) is 0 Å². The summed E-state index contributed by atoms with van der Waals surface area (Å²) in [5.74, 6) is 0.849. The van der Waals surface area contributed by atoms with Crippen molar-refractivity contribution in [3.63, 3.8) is 0 Å². The Hall–Kier alpha value is -3.27. The maximum absolute atomic E-state index is 12.9. The molecule has 3 aromatic rings. The van der Waals surface area contributed by atoms with E-state index in [4.69, 9.17) is 4.74 Å². The Morgan fingerprint density at radius 2 is 1.52 bits per heavy atom. The number of carbonyl (C=O) groups is 1. The molecule has 0 aliphatic rings. The van der Waals surface area contributed by atoms with E-state index < -0.39 is 0 Å². The second-order valence-corrected chi connectivity index (χ2v) is 6.18. The van der Waals surface area contributed by atoms with Crippen LogP contribution in [0.2, 0.25) is 0 Å². The first-order valence-electron chi connectivity index (χ1n) is 9.04. The molecule has 3 aromatic carbocycles. The van der Waals surface area contributed by atoms with Gasteiger partial charge in [0.25, 0.3) is 0 Å². The molecule has 0 radical (unpaired) electrons. The topological polar surface area (TPSA) is 41.6 Å². The van der Waals surface area contributed by atoms with Gasteiger partial charge in [-0.1, -0.05) is 60.7 Å². The van der Waals surface area contributed by atoms with E-state index in [1.54, 1.807) is 7.11 Å². The molecular weight excluding hydrogens is 336 g/mol. The third-order valence-electron chi connectivity index (χ3n) is 4.31. The van der Waals surface area contributed by atoms with E-state index in [9.17, 15) is 4.79 Å². The van der Waals surface area contributed by atoms with Gasteiger partial charge in [-0.25, -0.2) is 0 Å². The fourth-order valence-corrected chi connectivity index (χ4v) is 2.93. The Labute approximate surface area is 160 Å². The third-order valence-corrected chi connectivity index (χ3v) is 4.31. The van der Waals surface area contributed by atoms with Crippen molar-refractivity contribution in [1.82, 2.24) is 0 Å². The minimum atomic E-state index is 0.0763. The molecule has 0 heterocycles. The predicted octanol–water partition coefficient (Wildman–Crippen LogP) is 4.73. The summed E-state index contributed by atoms with van der Waals surface area (Å²) in [5.41, 5.74) is 2.90. The van der Waals surface area contributed by atoms with Gasteiger partial charge in [0.2, 0.25) is 5.91 Å². The molecule has 0 bridgehead atoms. The summed E-state index contributed by atoms with van der Waals surface area (Å²) in [6, 6.07) is 27.5. The highest BCUT2D eigenvalue weighted by Gasteiger charge is 2.16. The van der Waals surface area contributed by atoms with Crippen LogP contribution in [0.3, 0.4) is 0 Å². The van der Waals surface area contributed by atoms with Crippen LogP contribution in [-0.4, -0.2) is 19.6 Å². The lowest BCUT2D eigenvalue weighted by Gasteiger charge is -2.23. The van der Waals surface area contributed by atoms with Gasteiger partial charge in [0, 0.05) is 18.7 Å². The maximum atomic E-state index is 12.9. The summed E-state index contributed by atoms with van der Waals surface area (Å²) in [4.78, 5) is 14.8. The summed E-state index contributed by atoms with van der Waals surface area (Å²) in [5, 5.41) is 3.29. The van der Waals surface area contributed by atoms with E-state index in [1.807, 2.05) is 89.8 Å². The monoisotopic (exact) mass is 360 g/mol. The van der Waals surface area contributed by atoms with Crippen molar-refractivity contribution in [3.05, 3.63) is 90.5 Å². The number of benzene rings is 3. The summed E-state index contributed by atoms with van der Waals surface area (Å²) in [6.07, 6.45) is 0.389. The molecule has 138 valence electrons. The zero-order valence-electron chi connectivity index (χ0n) is 15.5. The van der Waals surface area contributed by atoms with Gasteiger partial charge in [0.15, 0.2) is 0 Å². The van der Waals surface area contributed by atoms with Crippen molar-refractivity contribution < 1.29 is 9.53 Å². The lowest BCUT2D eigenvalue weighted by Crippen LogP contribution is -2.31. The highest BCUT2D eigenvalue weighted by molar-refractivity contribution is 5.93. The van der Waals surface area contributed by atoms with Gasteiger partial charge in [-0.3, -0.25) is 4.79 Å². The molecule has 1 amide bonds. The van der Waals surface area contributed by atoms with Crippen molar-refractivity contribution >= 4 is 17.3 Å². The fraction of sp³-hybridized carbons (Fsp3) is 0.174. The van der Waals surface area contributed by atoms with E-state index in [-0.39, 0.29) is 5.91 Å². The van der Waals surface area contributed by atoms with Gasteiger partial charge in [-0.2, -0.15) is 0 Å². The van der Waals surface area contributed by atoms with Gasteiger partial charge in [0.05, 0.1) is 19.3 Å². The number of amides is 1. The Bertz CT molecular complexity index is 851. The molecule has 0 saturated heterocycles. The van der Waals surface area contributed by atoms with Crippen LogP contribution in [-0.2, 0) is 11.3 Å². The van der Waals surface area contributed by atoms with E-state index in [0.717, 1.165) is 22.7 Å². The predicted molar refractivity (Wildman–Crippen MR) is 110 cm³/mol. The lowest BCUT2D eigenvalue weighted by molar-refractivity contribution is -0.118. The van der Waals surface area contributed by atoms with Crippen LogP contribution in [0.15, 0.2) is 84.9 Å². The average molecular weight is 360 g/mol. The van der Waals surface area contributed by atoms with Crippen molar-refractivity contribution in [2.45, 2.75) is 13.0 Å². The number of ether oxygens (including phenoxy) is 1. The zero-order chi connectivity index (χ0) is 18.9. The number of rotatable bonds is 8. The smallest absolute Gasteiger partial charge is 0.229 e. The molecule has 1 N–H and O–H groups in total. The van der Waals surface area contributed by atoms with Crippen LogP contribution in [0.4, 0.5) is 11.4 Å². The number of nitrogens with zero attached hydrogens (tertiary/aromatic N) is 1. The van der Waals surface area contributed by atoms with Crippen molar-refractivity contribution in [3.8, 4) is 5.75 Å². The van der Waals surface area contributed by atoms with Crippen molar-refractivity contribution in [1.29, 1.82) is 0 Å². The number of hydrogen-bond donors (Lipinski definition) is 1. The molecule has 0 unspecified atom stereocenters. The second-order valence-electron chi connectivity index (χ2n) is 6.18. The van der Waals surface area contributed by atoms with Crippen molar-refractivity contribution in [2.24, 2.45) is 0 Å². The molecule has 3 rings (SSSR count). The molecule has 0 aliphatic heterocycles. The largest absolute Gasteiger partial charge is 0.495 e. The zero-order valence-corrected chi connectivity index (χ0v) is 15.5. The SMILES string of the molecule is COc1ccccc1NCCC(=O)N(Cc1ccccc1)c1ccccc1. The minimum absolute atomic E-state index is 0.0763. The maximum Gasteiger partial charge on any atom is 0.229 e. The van der Waals surface area contributed by atoms with Crippen LogP contribution >= 0.6 is 0 Å². The van der Waals surface area contributed by atoms with Gasteiger partial charge >= 0.3 is 0 Å². The Morgan fingerprint density at radius 3 is 2.22 bits per heavy atom. The van der Waals surface area contributed by atoms with E-state index >= 15 is 0 Å². The van der Waals surface area contributed by atoms with Crippen LogP contribution in [0, 0.1) is 0 Å². The first-order valence-corrected chi connectivity index (χ1v) is 9.04. The Morgan fingerprint density at radius 1 is 0.889 bits per heavy atom. The molecule has 0 saturated carbocycles. The van der Waals surface area contributed by atoms with Gasteiger partial charge < -0.3 is 15.0 Å². The van der Waals surface area contributed by atoms with E-state index in [0.29, 0.717) is 19.5 Å². The minimum Gasteiger partial charge on any atom is -0.495 e. The summed E-state index contributed by atoms with van der Waals surface area (Å²) in [6.45, 7) is 1.09. The summed E-state index contributed by atoms with van der Waals surface area (Å²) >= 11 is 0. The highest BCUT2D eigenvalue weighted by atomic mass is 16.5. The summed E-state index contributed by atoms with van der Waals surface area (Å²) in [7, 11) is 1.64. The van der Waals surface area contributed by atoms with Crippen LogP contribution < -0.4 is 15.0 Å². The Balaban J connectivity index is 1.67. The molecule has 4 heteroatoms. The summed E-state index contributed by atoms with van der Waals surface area (Å²) < 4.78 is 5.34. The first-order chi connectivity index (χ1) is 13.3. The fourth-order valence-electron chi connectivity index (χ4n) is 2.93. The number of para-hydroxylation sites is 3. The lowest BCUT2D eigenvalue weighted by atomic mass is 10.2. The van der Waals surface area contributed by atoms with Crippen LogP contribution in [0.5, 0.6) is 5.75 Å². The number of hydrogen-bond acceptors (Lipinski definition) is 3. The van der Waals surface area contributed by atoms with Gasteiger partial charge in [-0.15, -0.1) is 0 Å². The normalized spacial score (nSPS) is 10.3. The number of nitrogens with one attached hydrogen (secondary N) is 1. The average Bonchev–Trinajstić information content (AvgIpc) is 2.73. The molecule has 0 spiro atoms. The molecule has 4 nitrogen and oxygen atoms in total. The van der Waals surface area contributed by atoms with Crippen LogP contribution in [0.1, 0.15) is 12.0 Å². The molecule has 0 aromatic heterocycles. The van der Waals surface area contributed by atoms with Gasteiger partial charge in [0.1, 0.15) is 5.75 Å². The molecule has 0 atom stereocenters. The second kappa shape index (κ2) is 9.43. The highest BCUT2D eigenvalue weighted by Crippen LogP contribution is 2.23. The van der Waals surface area contributed by atoms with Crippen LogP contribution in [0.25, 0.3) is 0 Å². The standard InChI is InChI=1S/C23H24N2O2/c1-27-22-15-9-8-14-21(22)24-17-16-23(26)25(20-12-6-3-7-13-20)18-19-10-4-2-5-11-19/h2-15,24H,16-18H2,1H3. The van der Waals surface area contributed by atoms with Crippen molar-refractivity contribution in [2.75, 3.05) is 23.9 Å². The number of methoxy groups -OCH3 is 1. The molecular formula is C23H24N2O2. The molecule has 0 fully saturated rings. The molecule has 27 heavy (non-hydrogen) atoms. The quantitative estimate of drug-likeness (QED) is 0.631.